The Kier molecular flexibility index (Phi) is 18.4. The number of ether oxygens (including phenoxy) is 3. The quantitative estimate of drug-likeness (QED) is 0.155. The third-order valence-corrected chi connectivity index (χ3v) is 10.8. The molecule has 3 aliphatic rings. The van der Waals surface area contributed by atoms with Gasteiger partial charge in [0.2, 0.25) is 11.8 Å². The molecule has 3 saturated heterocycles. The Morgan fingerprint density at radius 3 is 1.70 bits per heavy atom. The molecule has 2 N–H and O–H groups in total. The molecule has 0 aliphatic carbocycles. The summed E-state index contributed by atoms with van der Waals surface area (Å²) in [4.78, 5) is 83.8. The fourth-order valence-electron chi connectivity index (χ4n) is 6.84. The summed E-state index contributed by atoms with van der Waals surface area (Å²) in [6.45, 7) is 19.7. The maximum Gasteiger partial charge on any atom is 0.410 e. The number of hydrogen-bond acceptors (Lipinski definition) is 10. The highest BCUT2D eigenvalue weighted by Crippen LogP contribution is 2.37. The zero-order chi connectivity index (χ0) is 48.7. The number of nitrogens with two attached hydrogens (primary N) is 1. The first-order valence-electron chi connectivity index (χ1n) is 20.7. The molecule has 0 saturated carbocycles. The Morgan fingerprint density at radius 2 is 1.28 bits per heavy atom. The molecular weight excluding hydrogens is 945 g/mol. The van der Waals surface area contributed by atoms with Gasteiger partial charge in [0.1, 0.15) is 29.4 Å². The second-order valence-electron chi connectivity index (χ2n) is 18.3. The predicted molar refractivity (Wildman–Crippen MR) is 242 cm³/mol. The molecule has 5 amide bonds. The van der Waals surface area contributed by atoms with E-state index in [0.717, 1.165) is 0 Å². The van der Waals surface area contributed by atoms with Crippen molar-refractivity contribution >= 4 is 75.0 Å². The second kappa shape index (κ2) is 21.8. The summed E-state index contributed by atoms with van der Waals surface area (Å²) < 4.78 is 43.8. The van der Waals surface area contributed by atoms with Crippen LogP contribution in [0, 0.1) is 11.6 Å². The van der Waals surface area contributed by atoms with Crippen molar-refractivity contribution in [1.29, 1.82) is 0 Å². The molecule has 0 radical (unpaired) electrons. The van der Waals surface area contributed by atoms with Crippen LogP contribution in [0.3, 0.4) is 0 Å². The summed E-state index contributed by atoms with van der Waals surface area (Å²) >= 11 is 14.6. The fourth-order valence-corrected chi connectivity index (χ4v) is 7.37. The summed E-state index contributed by atoms with van der Waals surface area (Å²) in [7, 11) is 0. The lowest BCUT2D eigenvalue weighted by molar-refractivity contribution is -0.180. The van der Waals surface area contributed by atoms with Crippen molar-refractivity contribution in [2.75, 3.05) is 44.7 Å². The summed E-state index contributed by atoms with van der Waals surface area (Å²) in [5.74, 6) is -2.72. The number of esters is 1. The van der Waals surface area contributed by atoms with Gasteiger partial charge in [-0.2, -0.15) is 0 Å². The van der Waals surface area contributed by atoms with Gasteiger partial charge in [-0.1, -0.05) is 65.1 Å². The number of hydrogen-bond donors (Lipinski definition) is 1. The maximum atomic E-state index is 13.9. The van der Waals surface area contributed by atoms with Crippen LogP contribution in [0.5, 0.6) is 0 Å². The molecule has 356 valence electrons. The van der Waals surface area contributed by atoms with E-state index < -0.39 is 58.0 Å². The molecule has 2 aromatic carbocycles. The summed E-state index contributed by atoms with van der Waals surface area (Å²) in [6, 6.07) is 8.63. The van der Waals surface area contributed by atoms with Crippen LogP contribution in [0.2, 0.25) is 10.0 Å². The highest BCUT2D eigenvalue weighted by atomic mass is 79.9. The molecule has 15 nitrogen and oxygen atoms in total. The topological polar surface area (TPSA) is 172 Å². The van der Waals surface area contributed by atoms with Crippen molar-refractivity contribution in [3.63, 3.8) is 0 Å². The number of alkyl halides is 1. The number of carbonyl (C=O) groups excluding carboxylic acids is 6. The van der Waals surface area contributed by atoms with Gasteiger partial charge in [0.05, 0.1) is 48.2 Å². The number of carbonyl (C=O) groups is 6. The van der Waals surface area contributed by atoms with E-state index in [9.17, 15) is 37.5 Å². The van der Waals surface area contributed by atoms with Crippen LogP contribution in [0.15, 0.2) is 36.4 Å². The van der Waals surface area contributed by atoms with Crippen molar-refractivity contribution in [1.82, 2.24) is 24.5 Å². The molecule has 0 bridgehead atoms. The molecule has 20 heteroatoms. The van der Waals surface area contributed by atoms with E-state index in [4.69, 9.17) is 43.1 Å². The maximum absolute atomic E-state index is 13.9. The second-order valence-corrected chi connectivity index (χ2v) is 19.7. The van der Waals surface area contributed by atoms with Crippen molar-refractivity contribution < 1.29 is 51.8 Å². The molecule has 2 aromatic rings. The minimum atomic E-state index is -1.39. The van der Waals surface area contributed by atoms with Crippen LogP contribution >= 0.6 is 39.1 Å². The monoisotopic (exact) mass is 1000 g/mol. The molecule has 3 heterocycles. The lowest BCUT2D eigenvalue weighted by atomic mass is 9.83. The van der Waals surface area contributed by atoms with Crippen LogP contribution < -0.4 is 5.73 Å². The molecule has 3 aliphatic heterocycles. The molecular formula is C44H61BrCl2F2N6O9. The van der Waals surface area contributed by atoms with Gasteiger partial charge in [-0.15, -0.1) is 0 Å². The first-order valence-corrected chi connectivity index (χ1v) is 22.6. The summed E-state index contributed by atoms with van der Waals surface area (Å²) in [5, 5.41) is -0.117. The molecule has 5 rings (SSSR count). The van der Waals surface area contributed by atoms with Gasteiger partial charge >= 0.3 is 18.2 Å². The average molecular weight is 1010 g/mol. The highest BCUT2D eigenvalue weighted by molar-refractivity contribution is 9.09. The third kappa shape index (κ3) is 13.6. The number of likely N-dealkylation sites (tertiary alicyclic amines) is 2. The smallest absolute Gasteiger partial charge is 0.410 e. The molecule has 0 aromatic heterocycles. The third-order valence-electron chi connectivity index (χ3n) is 9.76. The van der Waals surface area contributed by atoms with E-state index in [-0.39, 0.29) is 85.7 Å². The first-order chi connectivity index (χ1) is 29.5. The number of piperazine rings is 1. The van der Waals surface area contributed by atoms with Gasteiger partial charge < -0.3 is 44.4 Å². The Labute approximate surface area is 392 Å². The van der Waals surface area contributed by atoms with Crippen molar-refractivity contribution in [2.45, 2.75) is 124 Å². The number of benzene rings is 2. The van der Waals surface area contributed by atoms with Gasteiger partial charge in [-0.25, -0.2) is 23.2 Å². The van der Waals surface area contributed by atoms with Crippen molar-refractivity contribution in [3.05, 3.63) is 69.2 Å². The van der Waals surface area contributed by atoms with Crippen molar-refractivity contribution in [2.24, 2.45) is 5.73 Å². The molecule has 3 fully saturated rings. The molecule has 0 atom stereocenters. The number of halogens is 5. The zero-order valence-corrected chi connectivity index (χ0v) is 41.5. The zero-order valence-electron chi connectivity index (χ0n) is 38.4. The molecule has 1 spiro atoms. The van der Waals surface area contributed by atoms with E-state index in [1.165, 1.54) is 48.8 Å². The average Bonchev–Trinajstić information content (AvgIpc) is 3.12. The Bertz CT molecular complexity index is 2000. The van der Waals surface area contributed by atoms with Crippen LogP contribution in [-0.4, -0.2) is 139 Å². The Hall–Kier alpha value is -4.26. The summed E-state index contributed by atoms with van der Waals surface area (Å²) in [6.07, 6.45) is -1.13. The summed E-state index contributed by atoms with van der Waals surface area (Å²) in [5.41, 5.74) is 2.12. The normalized spacial score (nSPS) is 16.5. The molecule has 64 heavy (non-hydrogen) atoms. The largest absolute Gasteiger partial charge is 0.464 e. The molecule has 0 unspecified atom stereocenters. The Balaban J connectivity index is 0.000000314. The van der Waals surface area contributed by atoms with Crippen LogP contribution in [-0.2, 0) is 46.5 Å². The van der Waals surface area contributed by atoms with E-state index in [0.29, 0.717) is 17.2 Å². The van der Waals surface area contributed by atoms with Gasteiger partial charge in [0, 0.05) is 19.1 Å². The number of amides is 5. The minimum Gasteiger partial charge on any atom is -0.464 e. The van der Waals surface area contributed by atoms with E-state index in [1.54, 1.807) is 60.6 Å². The lowest BCUT2D eigenvalue weighted by Crippen LogP contribution is -2.81. The van der Waals surface area contributed by atoms with Crippen LogP contribution in [0.25, 0.3) is 0 Å². The van der Waals surface area contributed by atoms with E-state index in [1.807, 2.05) is 27.7 Å². The van der Waals surface area contributed by atoms with Gasteiger partial charge in [-0.3, -0.25) is 14.4 Å². The first kappa shape index (κ1) is 54.1. The lowest BCUT2D eigenvalue weighted by Gasteiger charge is -2.58. The SMILES string of the molecule is CC(C)N.CC(C)N1CC(=O)N(Cc2ccc(Cl)c(F)c2)C2(CN(C(=O)OC(C)(C)C)C2)C1=O.CCOC(=O)C1(N(Cc2ccc(Cl)c(F)c2)C(=O)CBr)CN(C(=O)OC(C)(C)C)C1. The van der Waals surface area contributed by atoms with Crippen LogP contribution in [0.4, 0.5) is 18.4 Å². The van der Waals surface area contributed by atoms with Gasteiger partial charge in [0.15, 0.2) is 11.1 Å². The van der Waals surface area contributed by atoms with Crippen molar-refractivity contribution in [3.8, 4) is 0 Å². The number of rotatable bonds is 9. The standard InChI is InChI=1S/C21H27ClFN3O4.C20H25BrClFN2O5.C3H9N/c1-13(2)25-10-17(27)26(9-14-6-7-15(22)16(23)8-14)21(18(25)28)11-24(12-21)19(29)30-20(3,4)5;1-5-29-17(27)20(11-24(12-20)18(28)30-19(2,3)4)25(16(26)9-21)10-13-6-7-14(22)15(23)8-13;1-3(2)4/h6-8,13H,9-12H2,1-5H3;6-8H,5,9-12H2,1-4H3;3H,4H2,1-2H3. The van der Waals surface area contributed by atoms with Gasteiger partial charge in [-0.05, 0) is 104 Å². The Morgan fingerprint density at radius 1 is 0.828 bits per heavy atom. The minimum absolute atomic E-state index is 0.0137. The van der Waals surface area contributed by atoms with Crippen LogP contribution in [0.1, 0.15) is 87.3 Å². The van der Waals surface area contributed by atoms with E-state index in [2.05, 4.69) is 15.9 Å². The fraction of sp³-hybridized carbons (Fsp3) is 0.591. The predicted octanol–water partition coefficient (Wildman–Crippen LogP) is 7.16. The number of nitrogens with zero attached hydrogens (tertiary/aromatic N) is 5. The highest BCUT2D eigenvalue weighted by Gasteiger charge is 2.62. The van der Waals surface area contributed by atoms with E-state index >= 15 is 0 Å². The van der Waals surface area contributed by atoms with Gasteiger partial charge in [0.25, 0.3) is 5.91 Å².